The summed E-state index contributed by atoms with van der Waals surface area (Å²) in [5.41, 5.74) is 5.02. The Morgan fingerprint density at radius 2 is 1.64 bits per heavy atom. The third-order valence-electron chi connectivity index (χ3n) is 4.79. The molecular weight excluding hydrogens is 382 g/mol. The summed E-state index contributed by atoms with van der Waals surface area (Å²) in [6.07, 6.45) is 2.20. The highest BCUT2D eigenvalue weighted by Gasteiger charge is 2.50. The summed E-state index contributed by atoms with van der Waals surface area (Å²) in [7, 11) is -1.12. The molecule has 8 nitrogen and oxygen atoms in total. The Labute approximate surface area is 170 Å². The van der Waals surface area contributed by atoms with Gasteiger partial charge in [-0.3, -0.25) is 18.6 Å². The number of nitrogens with one attached hydrogen (secondary N) is 2. The van der Waals surface area contributed by atoms with Gasteiger partial charge in [0.1, 0.15) is 11.6 Å². The van der Waals surface area contributed by atoms with Gasteiger partial charge in [0.2, 0.25) is 11.8 Å². The van der Waals surface area contributed by atoms with Gasteiger partial charge in [-0.25, -0.2) is 0 Å². The summed E-state index contributed by atoms with van der Waals surface area (Å²) >= 11 is 0. The third kappa shape index (κ3) is 7.60. The van der Waals surface area contributed by atoms with Gasteiger partial charge < -0.3 is 21.1 Å². The maximum atomic E-state index is 12.9. The molecule has 0 aliphatic carbocycles. The first kappa shape index (κ1) is 24.7. The summed E-state index contributed by atoms with van der Waals surface area (Å²) < 4.78 is 16.7. The van der Waals surface area contributed by atoms with Crippen LogP contribution in [0.25, 0.3) is 0 Å². The molecule has 1 aliphatic rings. The lowest BCUT2D eigenvalue weighted by molar-refractivity contribution is -0.133. The quantitative estimate of drug-likeness (QED) is 0.386. The van der Waals surface area contributed by atoms with Crippen molar-refractivity contribution in [3.63, 3.8) is 0 Å². The number of carbonyl (C=O) groups is 3. The first-order valence-corrected chi connectivity index (χ1v) is 11.4. The zero-order valence-electron chi connectivity index (χ0n) is 17.7. The second-order valence-corrected chi connectivity index (χ2v) is 10.0. The Bertz CT molecular complexity index is 604. The SMILES string of the molecule is CC(C)CC(NC(=O)C(CCS(C)=O)NC(=O)C(N)C(C)C)C(=O)C1(C)CO1. The van der Waals surface area contributed by atoms with Gasteiger partial charge in [-0.15, -0.1) is 0 Å². The zero-order valence-corrected chi connectivity index (χ0v) is 18.6. The first-order chi connectivity index (χ1) is 12.9. The van der Waals surface area contributed by atoms with Crippen LogP contribution in [0.15, 0.2) is 0 Å². The largest absolute Gasteiger partial charge is 0.361 e. The number of carbonyl (C=O) groups excluding carboxylic acids is 3. The lowest BCUT2D eigenvalue weighted by atomic mass is 9.93. The monoisotopic (exact) mass is 417 g/mol. The van der Waals surface area contributed by atoms with Crippen molar-refractivity contribution in [1.82, 2.24) is 10.6 Å². The van der Waals surface area contributed by atoms with E-state index in [9.17, 15) is 18.6 Å². The summed E-state index contributed by atoms with van der Waals surface area (Å²) in [4.78, 5) is 37.9. The smallest absolute Gasteiger partial charge is 0.243 e. The number of Topliss-reactive ketones (excluding diaryl/α,β-unsaturated/α-hetero) is 1. The van der Waals surface area contributed by atoms with E-state index in [0.29, 0.717) is 13.0 Å². The molecule has 0 radical (unpaired) electrons. The van der Waals surface area contributed by atoms with Crippen molar-refractivity contribution < 1.29 is 23.3 Å². The summed E-state index contributed by atoms with van der Waals surface area (Å²) in [6.45, 7) is 9.60. The molecule has 1 saturated heterocycles. The molecule has 2 amide bonds. The van der Waals surface area contributed by atoms with Gasteiger partial charge in [-0.2, -0.15) is 0 Å². The van der Waals surface area contributed by atoms with Crippen molar-refractivity contribution in [1.29, 1.82) is 0 Å². The van der Waals surface area contributed by atoms with E-state index in [1.54, 1.807) is 6.92 Å². The van der Waals surface area contributed by atoms with Crippen LogP contribution in [0.3, 0.4) is 0 Å². The zero-order chi connectivity index (χ0) is 21.6. The van der Waals surface area contributed by atoms with Crippen molar-refractivity contribution in [2.75, 3.05) is 18.6 Å². The van der Waals surface area contributed by atoms with Gasteiger partial charge in [-0.05, 0) is 31.6 Å². The number of hydrogen-bond acceptors (Lipinski definition) is 6. The maximum absolute atomic E-state index is 12.9. The molecule has 5 atom stereocenters. The lowest BCUT2D eigenvalue weighted by Crippen LogP contribution is -2.56. The molecule has 0 bridgehead atoms. The Kier molecular flexibility index (Phi) is 9.23. The fourth-order valence-corrected chi connectivity index (χ4v) is 3.29. The second-order valence-electron chi connectivity index (χ2n) is 8.47. The fraction of sp³-hybridized carbons (Fsp3) is 0.842. The van der Waals surface area contributed by atoms with E-state index in [-0.39, 0.29) is 29.8 Å². The Morgan fingerprint density at radius 1 is 1.11 bits per heavy atom. The van der Waals surface area contributed by atoms with Crippen molar-refractivity contribution in [2.24, 2.45) is 17.6 Å². The van der Waals surface area contributed by atoms with Crippen molar-refractivity contribution in [2.45, 2.75) is 71.2 Å². The summed E-state index contributed by atoms with van der Waals surface area (Å²) in [5, 5.41) is 5.42. The molecule has 28 heavy (non-hydrogen) atoms. The minimum atomic E-state index is -1.12. The van der Waals surface area contributed by atoms with Crippen LogP contribution in [0.2, 0.25) is 0 Å². The van der Waals surface area contributed by atoms with Gasteiger partial charge in [0, 0.05) is 22.8 Å². The van der Waals surface area contributed by atoms with Gasteiger partial charge in [-0.1, -0.05) is 27.7 Å². The van der Waals surface area contributed by atoms with E-state index in [2.05, 4.69) is 10.6 Å². The number of hydrogen-bond donors (Lipinski definition) is 3. The average molecular weight is 418 g/mol. The van der Waals surface area contributed by atoms with Crippen LogP contribution < -0.4 is 16.4 Å². The maximum Gasteiger partial charge on any atom is 0.243 e. The average Bonchev–Trinajstić information content (AvgIpc) is 3.34. The summed E-state index contributed by atoms with van der Waals surface area (Å²) in [6, 6.07) is -2.36. The van der Waals surface area contributed by atoms with E-state index < -0.39 is 46.3 Å². The molecule has 1 fully saturated rings. The highest BCUT2D eigenvalue weighted by atomic mass is 32.2. The van der Waals surface area contributed by atoms with Crippen molar-refractivity contribution in [3.05, 3.63) is 0 Å². The second kappa shape index (κ2) is 10.5. The summed E-state index contributed by atoms with van der Waals surface area (Å²) in [5.74, 6) is -0.746. The molecule has 0 spiro atoms. The molecule has 0 aromatic rings. The third-order valence-corrected chi connectivity index (χ3v) is 5.60. The Hall–Kier alpha value is -1.32. The molecule has 4 N–H and O–H groups in total. The van der Waals surface area contributed by atoms with Crippen LogP contribution >= 0.6 is 0 Å². The topological polar surface area (TPSA) is 131 Å². The fourth-order valence-electron chi connectivity index (χ4n) is 2.72. The standard InChI is InChI=1S/C19H35N3O5S/c1-11(2)9-14(16(23)19(5)10-27-19)22-17(24)13(7-8-28(6)26)21-18(25)15(20)12(3)4/h11-15H,7-10,20H2,1-6H3,(H,21,25)(H,22,24). The van der Waals surface area contributed by atoms with E-state index >= 15 is 0 Å². The van der Waals surface area contributed by atoms with E-state index in [4.69, 9.17) is 10.5 Å². The predicted octanol–water partition coefficient (Wildman–Crippen LogP) is 0.112. The number of amides is 2. The van der Waals surface area contributed by atoms with E-state index in [0.717, 1.165) is 0 Å². The van der Waals surface area contributed by atoms with Crippen LogP contribution in [-0.4, -0.2) is 64.1 Å². The molecule has 5 unspecified atom stereocenters. The lowest BCUT2D eigenvalue weighted by Gasteiger charge is -2.26. The van der Waals surface area contributed by atoms with Crippen LogP contribution in [0, 0.1) is 11.8 Å². The predicted molar refractivity (Wildman–Crippen MR) is 109 cm³/mol. The van der Waals surface area contributed by atoms with Gasteiger partial charge >= 0.3 is 0 Å². The molecular formula is C19H35N3O5S. The molecule has 1 heterocycles. The van der Waals surface area contributed by atoms with Crippen LogP contribution in [0.5, 0.6) is 0 Å². The van der Waals surface area contributed by atoms with Crippen LogP contribution in [-0.2, 0) is 29.9 Å². The Balaban J connectivity index is 2.90. The van der Waals surface area contributed by atoms with Crippen LogP contribution in [0.4, 0.5) is 0 Å². The molecule has 0 aromatic carbocycles. The van der Waals surface area contributed by atoms with E-state index in [1.807, 2.05) is 27.7 Å². The van der Waals surface area contributed by atoms with Crippen LogP contribution in [0.1, 0.15) is 47.5 Å². The molecule has 9 heteroatoms. The van der Waals surface area contributed by atoms with Gasteiger partial charge in [0.25, 0.3) is 0 Å². The normalized spacial score (nSPS) is 23.0. The number of epoxide rings is 1. The highest BCUT2D eigenvalue weighted by Crippen LogP contribution is 2.29. The van der Waals surface area contributed by atoms with E-state index in [1.165, 1.54) is 6.26 Å². The minimum Gasteiger partial charge on any atom is -0.361 e. The van der Waals surface area contributed by atoms with Gasteiger partial charge in [0.05, 0.1) is 18.7 Å². The van der Waals surface area contributed by atoms with Crippen molar-refractivity contribution >= 4 is 28.4 Å². The number of nitrogens with two attached hydrogens (primary N) is 1. The van der Waals surface area contributed by atoms with Crippen molar-refractivity contribution in [3.8, 4) is 0 Å². The molecule has 0 saturated carbocycles. The number of rotatable bonds is 12. The molecule has 0 aromatic heterocycles. The molecule has 162 valence electrons. The molecule has 1 aliphatic heterocycles. The number of ketones is 1. The molecule has 1 rings (SSSR count). The Morgan fingerprint density at radius 3 is 2.07 bits per heavy atom. The van der Waals surface area contributed by atoms with Gasteiger partial charge in [0.15, 0.2) is 5.78 Å². The first-order valence-electron chi connectivity index (χ1n) is 9.72. The number of ether oxygens (including phenoxy) is 1. The highest BCUT2D eigenvalue weighted by molar-refractivity contribution is 7.84. The minimum absolute atomic E-state index is 0.0914.